The molecule has 70 heavy (non-hydrogen) atoms. The Kier molecular flexibility index (Phi) is 8.43. The highest BCUT2D eigenvalue weighted by Gasteiger charge is 2.52. The smallest absolute Gasteiger partial charge is 0.0726 e. The standard InChI is InChI=1S/C68H43NS/c1-3-20-46(21-4-1)67(47-22-5-2-6-23-47)57-30-12-9-27-52(57)55-43-49(38-39-61(55)67)69(48-24-17-19-44(41-48)45-37-40-65-56(42-45)53-28-11-16-36-64(53)70-65)63-35-18-34-62-66(63)54-29-10-15-33-60(54)68(62)58-31-13-7-25-50(58)51-26-8-14-32-59(51)68/h1-43H. The van der Waals surface area contributed by atoms with Crippen LogP contribution in [-0.4, -0.2) is 0 Å². The molecule has 0 amide bonds. The van der Waals surface area contributed by atoms with Crippen LogP contribution in [0.5, 0.6) is 0 Å². The van der Waals surface area contributed by atoms with Gasteiger partial charge in [0.05, 0.1) is 16.5 Å². The number of rotatable bonds is 6. The van der Waals surface area contributed by atoms with Gasteiger partial charge in [-0.25, -0.2) is 0 Å². The van der Waals surface area contributed by atoms with Gasteiger partial charge in [0.1, 0.15) is 0 Å². The molecule has 3 aliphatic rings. The predicted octanol–water partition coefficient (Wildman–Crippen LogP) is 17.9. The van der Waals surface area contributed by atoms with E-state index in [1.54, 1.807) is 0 Å². The summed E-state index contributed by atoms with van der Waals surface area (Å²) in [6, 6.07) is 98.1. The molecule has 0 saturated carbocycles. The van der Waals surface area contributed by atoms with Crippen molar-refractivity contribution in [2.75, 3.05) is 4.90 Å². The van der Waals surface area contributed by atoms with Crippen molar-refractivity contribution in [1.82, 2.24) is 0 Å². The second kappa shape index (κ2) is 15.0. The highest BCUT2D eigenvalue weighted by Crippen LogP contribution is 2.65. The molecule has 12 aromatic rings. The van der Waals surface area contributed by atoms with Gasteiger partial charge in [-0.2, -0.15) is 0 Å². The average molecular weight is 906 g/mol. The maximum atomic E-state index is 2.55. The summed E-state index contributed by atoms with van der Waals surface area (Å²) >= 11 is 1.87. The number of fused-ring (bicyclic) bond motifs is 16. The van der Waals surface area contributed by atoms with E-state index in [2.05, 4.69) is 266 Å². The largest absolute Gasteiger partial charge is 0.310 e. The first-order valence-electron chi connectivity index (χ1n) is 24.3. The van der Waals surface area contributed by atoms with Gasteiger partial charge in [-0.3, -0.25) is 0 Å². The fourth-order valence-corrected chi connectivity index (χ4v) is 14.1. The van der Waals surface area contributed by atoms with Crippen molar-refractivity contribution >= 4 is 48.6 Å². The molecular weight excluding hydrogens is 863 g/mol. The quantitative estimate of drug-likeness (QED) is 0.161. The van der Waals surface area contributed by atoms with Crippen LogP contribution in [0.2, 0.25) is 0 Å². The third-order valence-electron chi connectivity index (χ3n) is 15.8. The number of hydrogen-bond acceptors (Lipinski definition) is 2. The molecule has 0 aliphatic heterocycles. The van der Waals surface area contributed by atoms with Gasteiger partial charge in [-0.05, 0) is 132 Å². The first kappa shape index (κ1) is 39.4. The lowest BCUT2D eigenvalue weighted by atomic mass is 9.68. The second-order valence-electron chi connectivity index (χ2n) is 19.0. The van der Waals surface area contributed by atoms with E-state index in [1.165, 1.54) is 109 Å². The number of hydrogen-bond donors (Lipinski definition) is 0. The summed E-state index contributed by atoms with van der Waals surface area (Å²) in [5.41, 5.74) is 22.9. The predicted molar refractivity (Wildman–Crippen MR) is 293 cm³/mol. The third-order valence-corrected chi connectivity index (χ3v) is 16.9. The Hall–Kier alpha value is -8.56. The van der Waals surface area contributed by atoms with E-state index in [0.29, 0.717) is 0 Å². The monoisotopic (exact) mass is 905 g/mol. The number of anilines is 3. The SMILES string of the molecule is c1ccc(C2(c3ccccc3)c3ccccc3-c3cc(N(c4cccc(-c5ccc6sc7ccccc7c6c5)c4)c4cccc5c4-c4ccccc4C54c5ccccc5-c5ccccc54)ccc32)cc1. The highest BCUT2D eigenvalue weighted by atomic mass is 32.1. The van der Waals surface area contributed by atoms with Crippen molar-refractivity contribution in [3.8, 4) is 44.5 Å². The first-order chi connectivity index (χ1) is 34.7. The van der Waals surface area contributed by atoms with Crippen molar-refractivity contribution in [3.63, 3.8) is 0 Å². The fourth-order valence-electron chi connectivity index (χ4n) is 13.0. The number of thiophene rings is 1. The van der Waals surface area contributed by atoms with E-state index in [0.717, 1.165) is 17.1 Å². The fraction of sp³-hybridized carbons (Fsp3) is 0.0294. The molecule has 11 aromatic carbocycles. The molecule has 1 spiro atoms. The van der Waals surface area contributed by atoms with Gasteiger partial charge < -0.3 is 4.90 Å². The molecule has 2 heteroatoms. The maximum absolute atomic E-state index is 2.55. The lowest BCUT2D eigenvalue weighted by Crippen LogP contribution is -2.28. The van der Waals surface area contributed by atoms with Gasteiger partial charge in [0.15, 0.2) is 0 Å². The lowest BCUT2D eigenvalue weighted by Gasteiger charge is -2.34. The summed E-state index contributed by atoms with van der Waals surface area (Å²) in [7, 11) is 0. The molecule has 326 valence electrons. The van der Waals surface area contributed by atoms with E-state index >= 15 is 0 Å². The highest BCUT2D eigenvalue weighted by molar-refractivity contribution is 7.25. The zero-order valence-corrected chi connectivity index (χ0v) is 39.0. The molecule has 0 bridgehead atoms. The van der Waals surface area contributed by atoms with Crippen LogP contribution < -0.4 is 4.90 Å². The van der Waals surface area contributed by atoms with Crippen LogP contribution in [0.15, 0.2) is 261 Å². The Bertz CT molecular complexity index is 4000. The Balaban J connectivity index is 1.00. The average Bonchev–Trinajstić information content (AvgIpc) is 4.15. The molecule has 0 atom stereocenters. The van der Waals surface area contributed by atoms with Gasteiger partial charge in [-0.1, -0.05) is 212 Å². The molecule has 1 nitrogen and oxygen atoms in total. The summed E-state index contributed by atoms with van der Waals surface area (Å²) < 4.78 is 2.63. The van der Waals surface area contributed by atoms with E-state index in [4.69, 9.17) is 0 Å². The molecule has 0 unspecified atom stereocenters. The number of benzene rings is 11. The summed E-state index contributed by atoms with van der Waals surface area (Å²) in [6.45, 7) is 0. The van der Waals surface area contributed by atoms with Crippen LogP contribution in [0.1, 0.15) is 44.5 Å². The van der Waals surface area contributed by atoms with E-state index in [1.807, 2.05) is 11.3 Å². The van der Waals surface area contributed by atoms with Gasteiger partial charge in [0.25, 0.3) is 0 Å². The first-order valence-corrected chi connectivity index (χ1v) is 25.1. The van der Waals surface area contributed by atoms with Crippen LogP contribution in [-0.2, 0) is 10.8 Å². The zero-order valence-electron chi connectivity index (χ0n) is 38.2. The minimum absolute atomic E-state index is 0.469. The van der Waals surface area contributed by atoms with Gasteiger partial charge in [0, 0.05) is 37.1 Å². The van der Waals surface area contributed by atoms with E-state index in [-0.39, 0.29) is 0 Å². The summed E-state index contributed by atoms with van der Waals surface area (Å²) in [4.78, 5) is 2.55. The van der Waals surface area contributed by atoms with Gasteiger partial charge in [-0.15, -0.1) is 11.3 Å². The third kappa shape index (κ3) is 5.26. The topological polar surface area (TPSA) is 3.24 Å². The van der Waals surface area contributed by atoms with Crippen LogP contribution in [0.4, 0.5) is 17.1 Å². The molecule has 0 N–H and O–H groups in total. The summed E-state index contributed by atoms with van der Waals surface area (Å²) in [5.74, 6) is 0. The molecule has 3 aliphatic carbocycles. The van der Waals surface area contributed by atoms with Crippen molar-refractivity contribution in [3.05, 3.63) is 305 Å². The summed E-state index contributed by atoms with van der Waals surface area (Å²) in [5, 5.41) is 2.61. The summed E-state index contributed by atoms with van der Waals surface area (Å²) in [6.07, 6.45) is 0. The van der Waals surface area contributed by atoms with Gasteiger partial charge in [0.2, 0.25) is 0 Å². The minimum Gasteiger partial charge on any atom is -0.310 e. The maximum Gasteiger partial charge on any atom is 0.0726 e. The second-order valence-corrected chi connectivity index (χ2v) is 20.1. The Morgan fingerprint density at radius 1 is 0.286 bits per heavy atom. The van der Waals surface area contributed by atoms with E-state index < -0.39 is 10.8 Å². The Labute approximate surface area is 411 Å². The van der Waals surface area contributed by atoms with Gasteiger partial charge >= 0.3 is 0 Å². The van der Waals surface area contributed by atoms with Crippen molar-refractivity contribution in [2.24, 2.45) is 0 Å². The molecule has 15 rings (SSSR count). The molecule has 0 fully saturated rings. The number of nitrogens with zero attached hydrogens (tertiary/aromatic N) is 1. The molecular formula is C68H43NS. The van der Waals surface area contributed by atoms with Crippen LogP contribution in [0.3, 0.4) is 0 Å². The zero-order chi connectivity index (χ0) is 46.0. The van der Waals surface area contributed by atoms with Crippen molar-refractivity contribution in [2.45, 2.75) is 10.8 Å². The molecule has 0 saturated heterocycles. The van der Waals surface area contributed by atoms with Crippen molar-refractivity contribution < 1.29 is 0 Å². The normalized spacial score (nSPS) is 13.9. The van der Waals surface area contributed by atoms with Crippen LogP contribution in [0, 0.1) is 0 Å². The lowest BCUT2D eigenvalue weighted by molar-refractivity contribution is 0.768. The van der Waals surface area contributed by atoms with Crippen LogP contribution >= 0.6 is 11.3 Å². The molecule has 1 aromatic heterocycles. The van der Waals surface area contributed by atoms with Crippen molar-refractivity contribution in [1.29, 1.82) is 0 Å². The molecule has 0 radical (unpaired) electrons. The minimum atomic E-state index is -0.495. The van der Waals surface area contributed by atoms with E-state index in [9.17, 15) is 0 Å². The Morgan fingerprint density at radius 2 is 0.786 bits per heavy atom. The Morgan fingerprint density at radius 3 is 1.49 bits per heavy atom. The van der Waals surface area contributed by atoms with Crippen LogP contribution in [0.25, 0.3) is 64.7 Å². The molecule has 1 heterocycles.